The molecular formula is C10H17AlClNO+. The Hall–Kier alpha value is -0.198. The molecule has 0 saturated heterocycles. The fourth-order valence-electron chi connectivity index (χ4n) is 1.13. The number of hydrogen-bond donors (Lipinski definition) is 0. The molecule has 0 unspecified atom stereocenters. The molecule has 0 heterocycles. The Morgan fingerprint density at radius 2 is 1.50 bits per heavy atom. The molecule has 0 bridgehead atoms. The van der Waals surface area contributed by atoms with Crippen LogP contribution in [0.15, 0.2) is 30.3 Å². The van der Waals surface area contributed by atoms with E-state index >= 15 is 0 Å². The minimum absolute atomic E-state index is 0. The third-order valence-corrected chi connectivity index (χ3v) is 1.50. The molecule has 1 radical (unpaired) electrons. The molecule has 0 fully saturated rings. The topological polar surface area (TPSA) is 17.1 Å². The van der Waals surface area contributed by atoms with Crippen LogP contribution in [0.1, 0.15) is 5.56 Å². The van der Waals surface area contributed by atoms with Crippen LogP contribution in [0.4, 0.5) is 0 Å². The molecule has 1 rings (SSSR count). The Bertz CT molecular complexity index is 236. The Morgan fingerprint density at radius 1 is 1.07 bits per heavy atom. The summed E-state index contributed by atoms with van der Waals surface area (Å²) in [5.41, 5.74) is 1.40. The predicted octanol–water partition coefficient (Wildman–Crippen LogP) is 1.81. The van der Waals surface area contributed by atoms with E-state index in [-0.39, 0.29) is 12.4 Å². The second-order valence-corrected chi connectivity index (χ2v) is 3.93. The zero-order valence-corrected chi connectivity index (χ0v) is 10.9. The van der Waals surface area contributed by atoms with Crippen molar-refractivity contribution in [1.29, 1.82) is 0 Å². The maximum absolute atomic E-state index is 8.17. The van der Waals surface area contributed by atoms with Gasteiger partial charge in [-0.2, -0.15) is 0 Å². The predicted molar refractivity (Wildman–Crippen MR) is 61.9 cm³/mol. The van der Waals surface area contributed by atoms with Crippen LogP contribution in [-0.4, -0.2) is 41.9 Å². The number of rotatable bonds is 2. The third kappa shape index (κ3) is 8.40. The standard InChI is InChI=1S/C10H16N.Al.ClH.O/c1-11(2,3)9-10-7-5-4-6-8-10;;;/h4-8H,9H2,1-3H3;;1H;/q+1;;;. The first-order valence-corrected chi connectivity index (χ1v) is 4.63. The van der Waals surface area contributed by atoms with Gasteiger partial charge in [-0.15, -0.1) is 12.4 Å². The van der Waals surface area contributed by atoms with Gasteiger partial charge in [-0.3, -0.25) is 0 Å². The number of quaternary nitrogens is 1. The van der Waals surface area contributed by atoms with Crippen LogP contribution in [-0.2, 0) is 10.3 Å². The normalized spacial score (nSPS) is 9.29. The SMILES string of the molecule is C[N+](C)(C)Cc1ccccc1.Cl.[O]=[Al]. The molecule has 0 N–H and O–H groups in total. The molecule has 0 aliphatic heterocycles. The van der Waals surface area contributed by atoms with Gasteiger partial charge in [0, 0.05) is 5.56 Å². The summed E-state index contributed by atoms with van der Waals surface area (Å²) in [6.45, 7) is 1.10. The first kappa shape index (κ1) is 16.2. The first-order valence-electron chi connectivity index (χ1n) is 4.16. The molecule has 14 heavy (non-hydrogen) atoms. The molecule has 1 aromatic rings. The van der Waals surface area contributed by atoms with E-state index in [4.69, 9.17) is 3.80 Å². The molecule has 0 aliphatic rings. The molecule has 0 saturated carbocycles. The number of halogens is 1. The van der Waals surface area contributed by atoms with Crippen molar-refractivity contribution in [2.45, 2.75) is 6.54 Å². The molecule has 0 aliphatic carbocycles. The van der Waals surface area contributed by atoms with Crippen LogP contribution in [0.3, 0.4) is 0 Å². The zero-order valence-electron chi connectivity index (χ0n) is 8.93. The summed E-state index contributed by atoms with van der Waals surface area (Å²) < 4.78 is 9.16. The molecule has 1 aromatic carbocycles. The summed E-state index contributed by atoms with van der Waals surface area (Å²) in [4.78, 5) is 0. The van der Waals surface area contributed by atoms with Gasteiger partial charge in [-0.1, -0.05) is 30.3 Å². The molecule has 77 valence electrons. The van der Waals surface area contributed by atoms with E-state index in [2.05, 4.69) is 51.5 Å². The van der Waals surface area contributed by atoms with Gasteiger partial charge in [0.1, 0.15) is 6.54 Å². The van der Waals surface area contributed by atoms with Gasteiger partial charge in [-0.25, -0.2) is 0 Å². The fourth-order valence-corrected chi connectivity index (χ4v) is 1.13. The minimum atomic E-state index is 0. The number of hydrogen-bond acceptors (Lipinski definition) is 1. The van der Waals surface area contributed by atoms with E-state index in [1.165, 1.54) is 21.8 Å². The van der Waals surface area contributed by atoms with Crippen LogP contribution in [0, 0.1) is 0 Å². The van der Waals surface area contributed by atoms with Gasteiger partial charge >= 0.3 is 20.0 Å². The van der Waals surface area contributed by atoms with Gasteiger partial charge in [0.2, 0.25) is 0 Å². The Labute approximate surface area is 101 Å². The molecule has 0 spiro atoms. The molecular weight excluding hydrogens is 213 g/mol. The van der Waals surface area contributed by atoms with E-state index in [1.54, 1.807) is 0 Å². The van der Waals surface area contributed by atoms with E-state index in [0.29, 0.717) is 0 Å². The van der Waals surface area contributed by atoms with Crippen LogP contribution in [0.2, 0.25) is 0 Å². The Kier molecular flexibility index (Phi) is 9.44. The maximum atomic E-state index is 8.17. The van der Waals surface area contributed by atoms with Gasteiger partial charge < -0.3 is 4.48 Å². The fraction of sp³-hybridized carbons (Fsp3) is 0.400. The van der Waals surface area contributed by atoms with Crippen LogP contribution in [0.5, 0.6) is 0 Å². The molecule has 0 amide bonds. The van der Waals surface area contributed by atoms with Gasteiger partial charge in [-0.05, 0) is 0 Å². The van der Waals surface area contributed by atoms with Crippen molar-refractivity contribution in [3.63, 3.8) is 0 Å². The van der Waals surface area contributed by atoms with Gasteiger partial charge in [0.05, 0.1) is 21.1 Å². The van der Waals surface area contributed by atoms with Crippen molar-refractivity contribution in [2.24, 2.45) is 0 Å². The summed E-state index contributed by atoms with van der Waals surface area (Å²) in [7, 11) is 6.60. The second-order valence-electron chi connectivity index (χ2n) is 3.93. The molecule has 4 heteroatoms. The number of nitrogens with zero attached hydrogens (tertiary/aromatic N) is 1. The van der Waals surface area contributed by atoms with Crippen molar-refractivity contribution in [3.8, 4) is 0 Å². The van der Waals surface area contributed by atoms with Crippen LogP contribution < -0.4 is 0 Å². The van der Waals surface area contributed by atoms with Gasteiger partial charge in [0.25, 0.3) is 0 Å². The monoisotopic (exact) mass is 229 g/mol. The van der Waals surface area contributed by atoms with Crippen molar-refractivity contribution in [1.82, 2.24) is 0 Å². The van der Waals surface area contributed by atoms with E-state index in [9.17, 15) is 0 Å². The van der Waals surface area contributed by atoms with Crippen molar-refractivity contribution in [3.05, 3.63) is 35.9 Å². The van der Waals surface area contributed by atoms with Crippen LogP contribution in [0.25, 0.3) is 0 Å². The van der Waals surface area contributed by atoms with Crippen molar-refractivity contribution < 1.29 is 8.29 Å². The summed E-state index contributed by atoms with van der Waals surface area (Å²) >= 11 is 1.17. The average Bonchev–Trinajstić information content (AvgIpc) is 2.07. The second kappa shape index (κ2) is 8.14. The quantitative estimate of drug-likeness (QED) is 0.559. The van der Waals surface area contributed by atoms with E-state index in [1.807, 2.05) is 0 Å². The number of benzene rings is 1. The third-order valence-electron chi connectivity index (χ3n) is 1.50. The molecule has 2 nitrogen and oxygen atoms in total. The van der Waals surface area contributed by atoms with E-state index < -0.39 is 0 Å². The van der Waals surface area contributed by atoms with E-state index in [0.717, 1.165) is 11.0 Å². The van der Waals surface area contributed by atoms with Gasteiger partial charge in [0.15, 0.2) is 0 Å². The first-order chi connectivity index (χ1) is 6.08. The Balaban J connectivity index is 0. The molecule has 0 aromatic heterocycles. The summed E-state index contributed by atoms with van der Waals surface area (Å²) in [5, 5.41) is 0. The Morgan fingerprint density at radius 3 is 1.86 bits per heavy atom. The van der Waals surface area contributed by atoms with Crippen molar-refractivity contribution in [2.75, 3.05) is 21.1 Å². The average molecular weight is 230 g/mol. The molecule has 0 atom stereocenters. The summed E-state index contributed by atoms with van der Waals surface area (Å²) in [6, 6.07) is 10.6. The zero-order chi connectivity index (χ0) is 10.3. The van der Waals surface area contributed by atoms with Crippen molar-refractivity contribution >= 4 is 28.6 Å². The van der Waals surface area contributed by atoms with Crippen LogP contribution >= 0.6 is 12.4 Å². The summed E-state index contributed by atoms with van der Waals surface area (Å²) in [5.74, 6) is 0. The summed E-state index contributed by atoms with van der Waals surface area (Å²) in [6.07, 6.45) is 0.